The predicted octanol–water partition coefficient (Wildman–Crippen LogP) is 5.49. The molecule has 2 unspecified atom stereocenters. The van der Waals surface area contributed by atoms with Crippen molar-refractivity contribution >= 4 is 45.1 Å². The fraction of sp³-hybridized carbons (Fsp3) is 0.355. The minimum absolute atomic E-state index is 0.141. The molecule has 2 aromatic carbocycles. The number of piperazine rings is 1. The van der Waals surface area contributed by atoms with Crippen molar-refractivity contribution in [2.75, 3.05) is 44.7 Å². The average Bonchev–Trinajstić information content (AvgIpc) is 3.39. The predicted molar refractivity (Wildman–Crippen MR) is 160 cm³/mol. The van der Waals surface area contributed by atoms with Crippen LogP contribution in [-0.4, -0.2) is 82.6 Å². The van der Waals surface area contributed by atoms with Gasteiger partial charge in [-0.15, -0.1) is 0 Å². The molecule has 0 spiro atoms. The Morgan fingerprint density at radius 3 is 2.71 bits per heavy atom. The molecule has 4 heterocycles. The zero-order valence-corrected chi connectivity index (χ0v) is 23.9. The summed E-state index contributed by atoms with van der Waals surface area (Å²) in [5, 5.41) is 2.67. The maximum absolute atomic E-state index is 13.6. The Kier molecular flexibility index (Phi) is 7.48. The van der Waals surface area contributed by atoms with Crippen molar-refractivity contribution < 1.29 is 13.9 Å². The molecule has 2 atom stereocenters. The summed E-state index contributed by atoms with van der Waals surface area (Å²) < 4.78 is 19.8. The normalized spacial score (nSPS) is 19.7. The number of carbonyl (C=O) groups excluding carboxylic acids is 1. The highest BCUT2D eigenvalue weighted by molar-refractivity contribution is 6.36. The molecule has 10 heteroatoms. The molecule has 2 aliphatic rings. The number of anilines is 1. The minimum atomic E-state index is -0.951. The molecule has 212 valence electrons. The molecule has 0 radical (unpaired) electrons. The Morgan fingerprint density at radius 1 is 1.17 bits per heavy atom. The van der Waals surface area contributed by atoms with E-state index in [1.54, 1.807) is 0 Å². The number of pyridine rings is 1. The molecule has 6 rings (SSSR count). The molecule has 41 heavy (non-hydrogen) atoms. The summed E-state index contributed by atoms with van der Waals surface area (Å²) in [6.45, 7) is 7.82. The topological polar surface area (TPSA) is 74.7 Å². The van der Waals surface area contributed by atoms with E-state index in [-0.39, 0.29) is 12.1 Å². The van der Waals surface area contributed by atoms with E-state index in [0.717, 1.165) is 41.3 Å². The number of benzene rings is 2. The lowest BCUT2D eigenvalue weighted by molar-refractivity contribution is -0.129. The molecule has 0 bridgehead atoms. The van der Waals surface area contributed by atoms with Crippen LogP contribution in [0.1, 0.15) is 19.8 Å². The Hall–Kier alpha value is -3.82. The third kappa shape index (κ3) is 5.31. The molecule has 0 aliphatic carbocycles. The van der Waals surface area contributed by atoms with Crippen LogP contribution in [0.2, 0.25) is 5.02 Å². The molecule has 4 aromatic rings. The third-order valence-electron chi connectivity index (χ3n) is 8.16. The van der Waals surface area contributed by atoms with E-state index in [4.69, 9.17) is 31.3 Å². The number of likely N-dealkylation sites (tertiary alicyclic amines) is 1. The maximum atomic E-state index is 13.6. The standard InChI is InChI=1S/C31H32ClFN6O2/c1-19-17-38(30(40)20(2)33)13-14-39(19)29-28-26(35-31(36-29)41-18-23-9-6-12-37(23)3)15-22(16-34-28)24-10-4-7-21-8-5-11-25(32)27(21)24/h4-5,7-8,10-11,15-16,19,23H,2,6,9,12-14,17-18H2,1,3H3. The minimum Gasteiger partial charge on any atom is -0.462 e. The van der Waals surface area contributed by atoms with Crippen molar-refractivity contribution in [3.63, 3.8) is 0 Å². The molecule has 2 fully saturated rings. The van der Waals surface area contributed by atoms with Gasteiger partial charge in [-0.05, 0) is 56.4 Å². The second-order valence-corrected chi connectivity index (χ2v) is 11.3. The van der Waals surface area contributed by atoms with E-state index in [2.05, 4.69) is 23.4 Å². The highest BCUT2D eigenvalue weighted by atomic mass is 35.5. The number of amides is 1. The van der Waals surface area contributed by atoms with E-state index in [1.807, 2.05) is 55.6 Å². The molecule has 8 nitrogen and oxygen atoms in total. The molecule has 0 N–H and O–H groups in total. The molecular weight excluding hydrogens is 543 g/mol. The number of fused-ring (bicyclic) bond motifs is 2. The lowest BCUT2D eigenvalue weighted by Gasteiger charge is -2.40. The van der Waals surface area contributed by atoms with Gasteiger partial charge in [-0.3, -0.25) is 9.78 Å². The van der Waals surface area contributed by atoms with Gasteiger partial charge in [0.05, 0.1) is 5.52 Å². The zero-order valence-electron chi connectivity index (χ0n) is 23.2. The first-order valence-electron chi connectivity index (χ1n) is 13.9. The number of nitrogens with zero attached hydrogens (tertiary/aromatic N) is 6. The summed E-state index contributed by atoms with van der Waals surface area (Å²) in [6.07, 6.45) is 4.03. The SMILES string of the molecule is C=C(F)C(=O)N1CCN(c2nc(OCC3CCCN3C)nc3cc(-c4cccc5cccc(Cl)c45)cnc23)C(C)C1. The smallest absolute Gasteiger partial charge is 0.319 e. The van der Waals surface area contributed by atoms with E-state index in [9.17, 15) is 9.18 Å². The van der Waals surface area contributed by atoms with Crippen molar-refractivity contribution in [3.8, 4) is 17.1 Å². The van der Waals surface area contributed by atoms with Gasteiger partial charge >= 0.3 is 6.01 Å². The highest BCUT2D eigenvalue weighted by Gasteiger charge is 2.31. The van der Waals surface area contributed by atoms with Crippen LogP contribution in [0.5, 0.6) is 6.01 Å². The summed E-state index contributed by atoms with van der Waals surface area (Å²) in [6, 6.07) is 14.4. The van der Waals surface area contributed by atoms with Crippen molar-refractivity contribution in [1.82, 2.24) is 24.8 Å². The van der Waals surface area contributed by atoms with E-state index < -0.39 is 11.7 Å². The highest BCUT2D eigenvalue weighted by Crippen LogP contribution is 2.36. The fourth-order valence-corrected chi connectivity index (χ4v) is 6.20. The largest absolute Gasteiger partial charge is 0.462 e. The summed E-state index contributed by atoms with van der Waals surface area (Å²) in [5.41, 5.74) is 3.12. The summed E-state index contributed by atoms with van der Waals surface area (Å²) in [5.74, 6) is -0.996. The summed E-state index contributed by atoms with van der Waals surface area (Å²) in [7, 11) is 2.10. The molecule has 2 saturated heterocycles. The molecule has 2 aromatic heterocycles. The van der Waals surface area contributed by atoms with Gasteiger partial charge in [0.15, 0.2) is 11.6 Å². The first-order chi connectivity index (χ1) is 19.8. The second-order valence-electron chi connectivity index (χ2n) is 10.9. The van der Waals surface area contributed by atoms with Crippen molar-refractivity contribution in [2.45, 2.75) is 31.8 Å². The van der Waals surface area contributed by atoms with Crippen LogP contribution in [0.25, 0.3) is 32.9 Å². The number of carbonyl (C=O) groups is 1. The molecule has 2 aliphatic heterocycles. The van der Waals surface area contributed by atoms with Gasteiger partial charge in [0.2, 0.25) is 0 Å². The van der Waals surface area contributed by atoms with E-state index in [0.29, 0.717) is 54.2 Å². The fourth-order valence-electron chi connectivity index (χ4n) is 5.92. The Bertz CT molecular complexity index is 1640. The average molecular weight is 575 g/mol. The first kappa shape index (κ1) is 27.4. The zero-order chi connectivity index (χ0) is 28.7. The third-order valence-corrected chi connectivity index (χ3v) is 8.47. The van der Waals surface area contributed by atoms with Crippen LogP contribution in [0, 0.1) is 0 Å². The summed E-state index contributed by atoms with van der Waals surface area (Å²) in [4.78, 5) is 32.6. The molecule has 0 saturated carbocycles. The lowest BCUT2D eigenvalue weighted by atomic mass is 9.99. The Morgan fingerprint density at radius 2 is 1.98 bits per heavy atom. The number of hydrogen-bond donors (Lipinski definition) is 0. The Labute approximate surface area is 243 Å². The summed E-state index contributed by atoms with van der Waals surface area (Å²) >= 11 is 6.63. The van der Waals surface area contributed by atoms with Gasteiger partial charge in [-0.25, -0.2) is 4.39 Å². The van der Waals surface area contributed by atoms with Crippen molar-refractivity contribution in [3.05, 3.63) is 66.1 Å². The van der Waals surface area contributed by atoms with Crippen molar-refractivity contribution in [2.24, 2.45) is 0 Å². The number of rotatable bonds is 6. The number of hydrogen-bond acceptors (Lipinski definition) is 7. The van der Waals surface area contributed by atoms with Gasteiger partial charge in [0, 0.05) is 53.9 Å². The van der Waals surface area contributed by atoms with Gasteiger partial charge in [0.1, 0.15) is 12.1 Å². The van der Waals surface area contributed by atoms with Gasteiger partial charge in [-0.1, -0.05) is 48.5 Å². The van der Waals surface area contributed by atoms with Crippen LogP contribution < -0.4 is 9.64 Å². The number of likely N-dealkylation sites (N-methyl/N-ethyl adjacent to an activating group) is 1. The molecule has 1 amide bonds. The number of aromatic nitrogens is 3. The maximum Gasteiger partial charge on any atom is 0.319 e. The molecular formula is C31H32ClFN6O2. The Balaban J connectivity index is 1.41. The van der Waals surface area contributed by atoms with Gasteiger partial charge < -0.3 is 19.4 Å². The van der Waals surface area contributed by atoms with Crippen molar-refractivity contribution in [1.29, 1.82) is 0 Å². The van der Waals surface area contributed by atoms with Crippen LogP contribution in [-0.2, 0) is 4.79 Å². The first-order valence-corrected chi connectivity index (χ1v) is 14.3. The van der Waals surface area contributed by atoms with Crippen LogP contribution >= 0.6 is 11.6 Å². The van der Waals surface area contributed by atoms with E-state index in [1.165, 1.54) is 4.90 Å². The quantitative estimate of drug-likeness (QED) is 0.282. The number of halogens is 2. The van der Waals surface area contributed by atoms with Gasteiger partial charge in [-0.2, -0.15) is 9.97 Å². The van der Waals surface area contributed by atoms with Crippen LogP contribution in [0.3, 0.4) is 0 Å². The monoisotopic (exact) mass is 574 g/mol. The lowest BCUT2D eigenvalue weighted by Crippen LogP contribution is -2.54. The van der Waals surface area contributed by atoms with Crippen LogP contribution in [0.15, 0.2) is 61.1 Å². The van der Waals surface area contributed by atoms with Crippen LogP contribution in [0.4, 0.5) is 10.2 Å². The van der Waals surface area contributed by atoms with E-state index >= 15 is 0 Å². The second kappa shape index (κ2) is 11.2. The van der Waals surface area contributed by atoms with Gasteiger partial charge in [0.25, 0.3) is 5.91 Å². The number of ether oxygens (including phenoxy) is 1.